The zero-order chi connectivity index (χ0) is 11.3. The maximum absolute atomic E-state index is 5.21. The standard InChI is InChI=1S/C12H26N2O/c1-10(2)14(7-11-5-6-11)8-12(13-3)9-15-4/h10-13H,5-9H2,1-4H3. The molecule has 3 heteroatoms. The SMILES string of the molecule is CNC(COC)CN(CC1CC1)C(C)C. The second-order valence-corrected chi connectivity index (χ2v) is 4.93. The van der Waals surface area contributed by atoms with E-state index in [1.807, 2.05) is 7.05 Å². The fraction of sp³-hybridized carbons (Fsp3) is 1.00. The van der Waals surface area contributed by atoms with Gasteiger partial charge in [0.25, 0.3) is 0 Å². The van der Waals surface area contributed by atoms with Crippen molar-refractivity contribution in [2.75, 3.05) is 33.9 Å². The van der Waals surface area contributed by atoms with E-state index in [0.717, 1.165) is 19.1 Å². The Hall–Kier alpha value is -0.120. The summed E-state index contributed by atoms with van der Waals surface area (Å²) in [6, 6.07) is 1.09. The van der Waals surface area contributed by atoms with Gasteiger partial charge in [0.05, 0.1) is 6.61 Å². The Labute approximate surface area is 94.2 Å². The highest BCUT2D eigenvalue weighted by Gasteiger charge is 2.26. The molecule has 0 spiro atoms. The summed E-state index contributed by atoms with van der Waals surface area (Å²) in [5.74, 6) is 0.965. The largest absolute Gasteiger partial charge is 0.383 e. The van der Waals surface area contributed by atoms with Crippen LogP contribution < -0.4 is 5.32 Å². The number of likely N-dealkylation sites (N-methyl/N-ethyl adjacent to an activating group) is 1. The van der Waals surface area contributed by atoms with E-state index in [9.17, 15) is 0 Å². The van der Waals surface area contributed by atoms with Crippen molar-refractivity contribution in [3.63, 3.8) is 0 Å². The van der Waals surface area contributed by atoms with Crippen LogP contribution in [0.3, 0.4) is 0 Å². The molecular weight excluding hydrogens is 188 g/mol. The molecule has 90 valence electrons. The Balaban J connectivity index is 2.33. The number of hydrogen-bond acceptors (Lipinski definition) is 3. The molecule has 0 heterocycles. The zero-order valence-electron chi connectivity index (χ0n) is 10.6. The van der Waals surface area contributed by atoms with Crippen LogP contribution in [-0.4, -0.2) is 50.8 Å². The number of nitrogens with one attached hydrogen (secondary N) is 1. The summed E-state index contributed by atoms with van der Waals surface area (Å²) in [5, 5.41) is 3.32. The smallest absolute Gasteiger partial charge is 0.0628 e. The number of hydrogen-bond donors (Lipinski definition) is 1. The number of methoxy groups -OCH3 is 1. The third kappa shape index (κ3) is 4.96. The van der Waals surface area contributed by atoms with Crippen molar-refractivity contribution in [3.8, 4) is 0 Å². The number of nitrogens with zero attached hydrogens (tertiary/aromatic N) is 1. The highest BCUT2D eigenvalue weighted by Crippen LogP contribution is 2.30. The summed E-state index contributed by atoms with van der Waals surface area (Å²) in [7, 11) is 3.78. The molecule has 1 atom stereocenters. The number of ether oxygens (including phenoxy) is 1. The first kappa shape index (κ1) is 12.9. The van der Waals surface area contributed by atoms with Gasteiger partial charge in [0.15, 0.2) is 0 Å². The molecule has 1 unspecified atom stereocenters. The second-order valence-electron chi connectivity index (χ2n) is 4.93. The van der Waals surface area contributed by atoms with E-state index in [-0.39, 0.29) is 0 Å². The van der Waals surface area contributed by atoms with Crippen LogP contribution in [0.4, 0.5) is 0 Å². The minimum absolute atomic E-state index is 0.455. The maximum atomic E-state index is 5.21. The molecule has 1 aliphatic rings. The Morgan fingerprint density at radius 2 is 2.07 bits per heavy atom. The Morgan fingerprint density at radius 3 is 2.47 bits per heavy atom. The van der Waals surface area contributed by atoms with E-state index in [0.29, 0.717) is 12.1 Å². The lowest BCUT2D eigenvalue weighted by molar-refractivity contribution is 0.126. The lowest BCUT2D eigenvalue weighted by Gasteiger charge is -2.30. The van der Waals surface area contributed by atoms with E-state index < -0.39 is 0 Å². The third-order valence-electron chi connectivity index (χ3n) is 3.15. The predicted octanol–water partition coefficient (Wildman–Crippen LogP) is 1.34. The average molecular weight is 214 g/mol. The van der Waals surface area contributed by atoms with Gasteiger partial charge in [0, 0.05) is 32.3 Å². The molecule has 0 saturated heterocycles. The van der Waals surface area contributed by atoms with Gasteiger partial charge in [-0.05, 0) is 39.7 Å². The zero-order valence-corrected chi connectivity index (χ0v) is 10.6. The van der Waals surface area contributed by atoms with Crippen LogP contribution in [0.2, 0.25) is 0 Å². The molecule has 1 saturated carbocycles. The highest BCUT2D eigenvalue weighted by atomic mass is 16.5. The number of rotatable bonds is 8. The van der Waals surface area contributed by atoms with Gasteiger partial charge >= 0.3 is 0 Å². The molecule has 0 aromatic rings. The van der Waals surface area contributed by atoms with Gasteiger partial charge in [-0.25, -0.2) is 0 Å². The van der Waals surface area contributed by atoms with E-state index in [1.165, 1.54) is 19.4 Å². The van der Waals surface area contributed by atoms with Crippen LogP contribution in [0, 0.1) is 5.92 Å². The molecule has 1 rings (SSSR count). The van der Waals surface area contributed by atoms with E-state index in [4.69, 9.17) is 4.74 Å². The average Bonchev–Trinajstić information content (AvgIpc) is 2.99. The summed E-state index contributed by atoms with van der Waals surface area (Å²) in [5.41, 5.74) is 0. The fourth-order valence-corrected chi connectivity index (χ4v) is 1.84. The Kier molecular flexibility index (Phi) is 5.58. The first-order valence-electron chi connectivity index (χ1n) is 6.07. The Bertz CT molecular complexity index is 169. The van der Waals surface area contributed by atoms with Crippen molar-refractivity contribution in [1.29, 1.82) is 0 Å². The van der Waals surface area contributed by atoms with Crippen molar-refractivity contribution < 1.29 is 4.74 Å². The van der Waals surface area contributed by atoms with E-state index >= 15 is 0 Å². The molecule has 1 N–H and O–H groups in total. The monoisotopic (exact) mass is 214 g/mol. The van der Waals surface area contributed by atoms with Crippen molar-refractivity contribution in [2.24, 2.45) is 5.92 Å². The van der Waals surface area contributed by atoms with Gasteiger partial charge in [0.2, 0.25) is 0 Å². The summed E-state index contributed by atoms with van der Waals surface area (Å²) in [6.45, 7) is 7.71. The molecule has 3 nitrogen and oxygen atoms in total. The lowest BCUT2D eigenvalue weighted by atomic mass is 10.2. The highest BCUT2D eigenvalue weighted by molar-refractivity contribution is 4.81. The summed E-state index contributed by atoms with van der Waals surface area (Å²) < 4.78 is 5.21. The molecule has 0 radical (unpaired) electrons. The first-order valence-corrected chi connectivity index (χ1v) is 6.07. The molecular formula is C12H26N2O. The quantitative estimate of drug-likeness (QED) is 0.660. The minimum atomic E-state index is 0.455. The summed E-state index contributed by atoms with van der Waals surface area (Å²) >= 11 is 0. The van der Waals surface area contributed by atoms with Gasteiger partial charge in [0.1, 0.15) is 0 Å². The van der Waals surface area contributed by atoms with Gasteiger partial charge in [-0.15, -0.1) is 0 Å². The molecule has 0 aliphatic heterocycles. The molecule has 0 bridgehead atoms. The van der Waals surface area contributed by atoms with Crippen molar-refractivity contribution >= 4 is 0 Å². The second kappa shape index (κ2) is 6.46. The van der Waals surface area contributed by atoms with Gasteiger partial charge in [-0.1, -0.05) is 0 Å². The van der Waals surface area contributed by atoms with Crippen LogP contribution in [0.25, 0.3) is 0 Å². The van der Waals surface area contributed by atoms with Gasteiger partial charge in [-0.3, -0.25) is 4.90 Å². The normalized spacial score (nSPS) is 18.8. The van der Waals surface area contributed by atoms with Crippen molar-refractivity contribution in [2.45, 2.75) is 38.8 Å². The van der Waals surface area contributed by atoms with Crippen LogP contribution in [-0.2, 0) is 4.74 Å². The van der Waals surface area contributed by atoms with Crippen LogP contribution in [0.5, 0.6) is 0 Å². The molecule has 0 aromatic carbocycles. The fourth-order valence-electron chi connectivity index (χ4n) is 1.84. The summed E-state index contributed by atoms with van der Waals surface area (Å²) in [6.07, 6.45) is 2.86. The summed E-state index contributed by atoms with van der Waals surface area (Å²) in [4.78, 5) is 2.57. The topological polar surface area (TPSA) is 24.5 Å². The van der Waals surface area contributed by atoms with Crippen molar-refractivity contribution in [1.82, 2.24) is 10.2 Å². The molecule has 1 aliphatic carbocycles. The molecule has 1 fully saturated rings. The first-order chi connectivity index (χ1) is 7.17. The molecule has 15 heavy (non-hydrogen) atoms. The lowest BCUT2D eigenvalue weighted by Crippen LogP contribution is -2.45. The van der Waals surface area contributed by atoms with E-state index in [2.05, 4.69) is 24.1 Å². The minimum Gasteiger partial charge on any atom is -0.383 e. The molecule has 0 aromatic heterocycles. The van der Waals surface area contributed by atoms with Crippen LogP contribution in [0.15, 0.2) is 0 Å². The molecule has 0 amide bonds. The van der Waals surface area contributed by atoms with Crippen LogP contribution in [0.1, 0.15) is 26.7 Å². The van der Waals surface area contributed by atoms with Crippen LogP contribution >= 0.6 is 0 Å². The van der Waals surface area contributed by atoms with Gasteiger partial charge < -0.3 is 10.1 Å². The van der Waals surface area contributed by atoms with Gasteiger partial charge in [-0.2, -0.15) is 0 Å². The third-order valence-corrected chi connectivity index (χ3v) is 3.15. The van der Waals surface area contributed by atoms with E-state index in [1.54, 1.807) is 7.11 Å². The Morgan fingerprint density at radius 1 is 1.40 bits per heavy atom. The predicted molar refractivity (Wildman–Crippen MR) is 64.2 cm³/mol. The maximum Gasteiger partial charge on any atom is 0.0628 e. The van der Waals surface area contributed by atoms with Crippen molar-refractivity contribution in [3.05, 3.63) is 0 Å².